The van der Waals surface area contributed by atoms with Gasteiger partial charge in [-0.25, -0.2) is 0 Å². The molecule has 1 N–H and O–H groups in total. The Morgan fingerprint density at radius 2 is 1.49 bits per heavy atom. The van der Waals surface area contributed by atoms with Crippen LogP contribution in [0.25, 0.3) is 0 Å². The Morgan fingerprint density at radius 1 is 0.897 bits per heavy atom. The van der Waals surface area contributed by atoms with Crippen LogP contribution in [0.2, 0.25) is 0 Å². The average Bonchev–Trinajstić information content (AvgIpc) is 2.96. The third kappa shape index (κ3) is 13.5. The summed E-state index contributed by atoms with van der Waals surface area (Å²) in [6, 6.07) is 3.79. The van der Waals surface area contributed by atoms with Crippen LogP contribution in [-0.2, 0) is 28.5 Å². The van der Waals surface area contributed by atoms with Gasteiger partial charge in [-0.2, -0.15) is 0 Å². The number of allylic oxidation sites excluding steroid dienone is 1. The number of amides is 2. The molecule has 0 aliphatic heterocycles. The number of hydrogen-bond acceptors (Lipinski definition) is 9. The normalized spacial score (nSPS) is 11.8. The Bertz CT molecular complexity index is 892. The molecule has 1 unspecified atom stereocenters. The van der Waals surface area contributed by atoms with Crippen LogP contribution in [0.3, 0.4) is 0 Å². The van der Waals surface area contributed by atoms with Crippen LogP contribution in [0, 0.1) is 0 Å². The molecule has 11 nitrogen and oxygen atoms in total. The summed E-state index contributed by atoms with van der Waals surface area (Å²) in [7, 11) is 2.90. The fraction of sp³-hybridized carbons (Fsp3) is 0.571. The van der Waals surface area contributed by atoms with Crippen molar-refractivity contribution in [3.63, 3.8) is 0 Å². The van der Waals surface area contributed by atoms with Crippen LogP contribution >= 0.6 is 0 Å². The van der Waals surface area contributed by atoms with Crippen LogP contribution in [0.5, 0.6) is 5.75 Å². The van der Waals surface area contributed by atoms with E-state index in [0.717, 1.165) is 6.42 Å². The van der Waals surface area contributed by atoms with E-state index in [1.54, 1.807) is 12.1 Å². The zero-order valence-corrected chi connectivity index (χ0v) is 23.2. The van der Waals surface area contributed by atoms with E-state index in [4.69, 9.17) is 23.7 Å². The van der Waals surface area contributed by atoms with Crippen LogP contribution in [0.15, 0.2) is 30.4 Å². The van der Waals surface area contributed by atoms with Gasteiger partial charge in [-0.1, -0.05) is 24.3 Å². The van der Waals surface area contributed by atoms with Crippen molar-refractivity contribution < 1.29 is 42.9 Å². The first-order valence-corrected chi connectivity index (χ1v) is 13.1. The van der Waals surface area contributed by atoms with Gasteiger partial charge in [0.25, 0.3) is 5.91 Å². The SMILES string of the molecule is C/C=C/CCOCCOCCOCCOCCOc1cccc(C=O)c1C(=O)N(C)C(CCC=O)C(=O)NC. The highest BCUT2D eigenvalue weighted by Crippen LogP contribution is 2.24. The molecule has 1 rings (SSSR count). The Morgan fingerprint density at radius 3 is 2.03 bits per heavy atom. The highest BCUT2D eigenvalue weighted by Gasteiger charge is 2.29. The van der Waals surface area contributed by atoms with Gasteiger partial charge in [-0.3, -0.25) is 14.4 Å². The van der Waals surface area contributed by atoms with Crippen LogP contribution in [0.1, 0.15) is 46.9 Å². The van der Waals surface area contributed by atoms with Gasteiger partial charge in [0, 0.05) is 26.1 Å². The molecule has 218 valence electrons. The highest BCUT2D eigenvalue weighted by molar-refractivity contribution is 6.05. The first kappa shape index (κ1) is 33.9. The number of aldehydes is 2. The van der Waals surface area contributed by atoms with Gasteiger partial charge in [0.05, 0.1) is 58.4 Å². The molecule has 39 heavy (non-hydrogen) atoms. The minimum atomic E-state index is -0.879. The number of carbonyl (C=O) groups is 4. The molecule has 0 bridgehead atoms. The Labute approximate surface area is 230 Å². The number of ether oxygens (including phenoxy) is 5. The first-order valence-electron chi connectivity index (χ1n) is 13.1. The van der Waals surface area contributed by atoms with E-state index in [9.17, 15) is 19.2 Å². The van der Waals surface area contributed by atoms with E-state index in [1.165, 1.54) is 25.1 Å². The fourth-order valence-corrected chi connectivity index (χ4v) is 3.50. The molecule has 0 aromatic heterocycles. The molecule has 1 aromatic carbocycles. The van der Waals surface area contributed by atoms with Crippen LogP contribution in [0.4, 0.5) is 0 Å². The first-order chi connectivity index (χ1) is 19.0. The summed E-state index contributed by atoms with van der Waals surface area (Å²) in [5.41, 5.74) is 0.175. The standard InChI is InChI=1S/C28H42N2O9/c1-4-5-6-13-35-14-15-36-16-17-37-18-19-38-20-21-39-25-11-7-9-23(22-32)26(25)28(34)30(3)24(10-8-12-31)27(33)29-2/h4-5,7,9,11-12,22,24H,6,8,10,13-21H2,1-3H3,(H,29,33)/b5-4+. The molecular weight excluding hydrogens is 508 g/mol. The monoisotopic (exact) mass is 550 g/mol. The Balaban J connectivity index is 2.43. The molecule has 1 atom stereocenters. The number of carbonyl (C=O) groups excluding carboxylic acids is 4. The van der Waals surface area contributed by atoms with Crippen molar-refractivity contribution in [1.29, 1.82) is 0 Å². The Kier molecular flexibility index (Phi) is 18.9. The summed E-state index contributed by atoms with van der Waals surface area (Å²) in [5, 5.41) is 2.50. The van der Waals surface area contributed by atoms with Crippen molar-refractivity contribution in [2.24, 2.45) is 0 Å². The molecule has 1 aromatic rings. The van der Waals surface area contributed by atoms with Crippen molar-refractivity contribution in [3.05, 3.63) is 41.5 Å². The molecule has 2 amide bonds. The number of benzene rings is 1. The molecule has 0 fully saturated rings. The number of likely N-dealkylation sites (N-methyl/N-ethyl adjacent to an activating group) is 2. The second-order valence-corrected chi connectivity index (χ2v) is 8.28. The van der Waals surface area contributed by atoms with Gasteiger partial charge in [0.15, 0.2) is 6.29 Å². The van der Waals surface area contributed by atoms with Gasteiger partial charge in [0.2, 0.25) is 5.91 Å². The van der Waals surface area contributed by atoms with Gasteiger partial charge in [-0.05, 0) is 25.8 Å². The van der Waals surface area contributed by atoms with Gasteiger partial charge >= 0.3 is 0 Å². The van der Waals surface area contributed by atoms with E-state index in [2.05, 4.69) is 11.4 Å². The summed E-state index contributed by atoms with van der Waals surface area (Å²) < 4.78 is 27.6. The minimum Gasteiger partial charge on any atom is -0.490 e. The fourth-order valence-electron chi connectivity index (χ4n) is 3.50. The van der Waals surface area contributed by atoms with E-state index in [1.807, 2.05) is 13.0 Å². The summed E-state index contributed by atoms with van der Waals surface area (Å²) in [6.07, 6.45) is 6.45. The summed E-state index contributed by atoms with van der Waals surface area (Å²) in [4.78, 5) is 49.3. The third-order valence-electron chi connectivity index (χ3n) is 5.56. The quantitative estimate of drug-likeness (QED) is 0.124. The van der Waals surface area contributed by atoms with Gasteiger partial charge < -0.3 is 38.7 Å². The number of rotatable bonds is 23. The second-order valence-electron chi connectivity index (χ2n) is 8.28. The highest BCUT2D eigenvalue weighted by atomic mass is 16.6. The topological polar surface area (TPSA) is 130 Å². The lowest BCUT2D eigenvalue weighted by molar-refractivity contribution is -0.125. The van der Waals surface area contributed by atoms with E-state index in [-0.39, 0.29) is 42.9 Å². The lowest BCUT2D eigenvalue weighted by Crippen LogP contribution is -2.47. The molecule has 11 heteroatoms. The molecule has 0 saturated heterocycles. The van der Waals surface area contributed by atoms with E-state index in [0.29, 0.717) is 58.8 Å². The average molecular weight is 551 g/mol. The lowest BCUT2D eigenvalue weighted by Gasteiger charge is -2.27. The predicted molar refractivity (Wildman–Crippen MR) is 145 cm³/mol. The molecule has 0 heterocycles. The third-order valence-corrected chi connectivity index (χ3v) is 5.56. The van der Waals surface area contributed by atoms with Crippen molar-refractivity contribution in [1.82, 2.24) is 10.2 Å². The van der Waals surface area contributed by atoms with Crippen molar-refractivity contribution >= 4 is 24.4 Å². The molecule has 0 aliphatic rings. The molecule has 0 spiro atoms. The zero-order valence-electron chi connectivity index (χ0n) is 23.2. The number of hydrogen-bond donors (Lipinski definition) is 1. The van der Waals surface area contributed by atoms with Crippen LogP contribution < -0.4 is 10.1 Å². The van der Waals surface area contributed by atoms with Gasteiger partial charge in [0.1, 0.15) is 24.7 Å². The summed E-state index contributed by atoms with van der Waals surface area (Å²) in [5.74, 6) is -0.778. The second kappa shape index (κ2) is 21.8. The van der Waals surface area contributed by atoms with Crippen LogP contribution in [-0.4, -0.2) is 109 Å². The maximum absolute atomic E-state index is 13.3. The zero-order chi connectivity index (χ0) is 28.7. The van der Waals surface area contributed by atoms with Gasteiger partial charge in [-0.15, -0.1) is 0 Å². The molecule has 0 radical (unpaired) electrons. The van der Waals surface area contributed by atoms with Crippen molar-refractivity contribution in [3.8, 4) is 5.75 Å². The summed E-state index contributed by atoms with van der Waals surface area (Å²) >= 11 is 0. The smallest absolute Gasteiger partial charge is 0.258 e. The molecule has 0 aliphatic carbocycles. The van der Waals surface area contributed by atoms with Crippen molar-refractivity contribution in [2.75, 3.05) is 73.6 Å². The minimum absolute atomic E-state index is 0.0431. The Hall–Kier alpha value is -3.12. The maximum Gasteiger partial charge on any atom is 0.258 e. The largest absolute Gasteiger partial charge is 0.490 e. The predicted octanol–water partition coefficient (Wildman–Crippen LogP) is 2.08. The van der Waals surface area contributed by atoms with E-state index < -0.39 is 17.9 Å². The van der Waals surface area contributed by atoms with E-state index >= 15 is 0 Å². The maximum atomic E-state index is 13.3. The number of nitrogens with zero attached hydrogens (tertiary/aromatic N) is 1. The summed E-state index contributed by atoms with van der Waals surface area (Å²) in [6.45, 7) is 5.75. The molecular formula is C28H42N2O9. The lowest BCUT2D eigenvalue weighted by atomic mass is 10.0. The molecule has 0 saturated carbocycles. The van der Waals surface area contributed by atoms with Crippen molar-refractivity contribution in [2.45, 2.75) is 32.2 Å². The number of nitrogens with one attached hydrogen (secondary N) is 1.